The number of nitrogens with one attached hydrogen (secondary N) is 1. The van der Waals surface area contributed by atoms with E-state index in [1.54, 1.807) is 0 Å². The van der Waals surface area contributed by atoms with Crippen LogP contribution in [0.3, 0.4) is 0 Å². The van der Waals surface area contributed by atoms with E-state index in [4.69, 9.17) is 28.2 Å². The summed E-state index contributed by atoms with van der Waals surface area (Å²) in [5.74, 6) is 0. The van der Waals surface area contributed by atoms with Crippen LogP contribution in [0.25, 0.3) is 10.9 Å². The van der Waals surface area contributed by atoms with E-state index in [2.05, 4.69) is 34.5 Å². The number of fused-ring (bicyclic) bond motifs is 1. The number of aromatic nitrogens is 1. The lowest BCUT2D eigenvalue weighted by atomic mass is 9.99. The highest BCUT2D eigenvalue weighted by Crippen LogP contribution is 2.34. The van der Waals surface area contributed by atoms with E-state index in [-0.39, 0.29) is 6.04 Å². The van der Waals surface area contributed by atoms with Gasteiger partial charge in [0.15, 0.2) is 0 Å². The average molecular weight is 372 g/mol. The second-order valence-corrected chi connectivity index (χ2v) is 7.13. The molecule has 2 heterocycles. The number of rotatable bonds is 3. The van der Waals surface area contributed by atoms with Gasteiger partial charge in [-0.05, 0) is 29.8 Å². The normalized spacial score (nSPS) is 16.9. The van der Waals surface area contributed by atoms with Crippen LogP contribution < -0.4 is 5.32 Å². The van der Waals surface area contributed by atoms with Gasteiger partial charge in [-0.15, -0.1) is 0 Å². The number of para-hydroxylation sites is 1. The average Bonchev–Trinajstić information content (AvgIpc) is 2.64. The second-order valence-electron chi connectivity index (χ2n) is 6.28. The lowest BCUT2D eigenvalue weighted by Gasteiger charge is -2.35. The summed E-state index contributed by atoms with van der Waals surface area (Å²) in [6.45, 7) is 3.85. The van der Waals surface area contributed by atoms with Crippen LogP contribution in [0.4, 0.5) is 0 Å². The first-order valence-corrected chi connectivity index (χ1v) is 9.23. The van der Waals surface area contributed by atoms with Crippen molar-refractivity contribution in [2.45, 2.75) is 6.04 Å². The van der Waals surface area contributed by atoms with Gasteiger partial charge in [-0.2, -0.15) is 0 Å². The summed E-state index contributed by atoms with van der Waals surface area (Å²) in [4.78, 5) is 7.37. The summed E-state index contributed by atoms with van der Waals surface area (Å²) < 4.78 is 0. The Morgan fingerprint density at radius 1 is 0.960 bits per heavy atom. The van der Waals surface area contributed by atoms with Crippen molar-refractivity contribution >= 4 is 34.1 Å². The third-order valence-corrected chi connectivity index (χ3v) is 5.24. The molecule has 1 fully saturated rings. The maximum atomic E-state index is 6.56. The van der Waals surface area contributed by atoms with E-state index < -0.39 is 0 Å². The number of hydrogen-bond donors (Lipinski definition) is 1. The first-order valence-electron chi connectivity index (χ1n) is 8.48. The zero-order valence-electron chi connectivity index (χ0n) is 13.8. The van der Waals surface area contributed by atoms with Gasteiger partial charge in [-0.3, -0.25) is 9.88 Å². The van der Waals surface area contributed by atoms with Crippen LogP contribution in [0.15, 0.2) is 54.6 Å². The molecule has 1 unspecified atom stereocenters. The van der Waals surface area contributed by atoms with Gasteiger partial charge in [0.2, 0.25) is 0 Å². The molecular formula is C20H19Cl2N3. The molecule has 2 aromatic carbocycles. The maximum Gasteiger partial charge on any atom is 0.0792 e. The fourth-order valence-corrected chi connectivity index (χ4v) is 3.95. The van der Waals surface area contributed by atoms with Crippen LogP contribution in [-0.4, -0.2) is 36.1 Å². The highest BCUT2D eigenvalue weighted by atomic mass is 35.5. The smallest absolute Gasteiger partial charge is 0.0792 e. The molecule has 0 bridgehead atoms. The molecule has 3 nitrogen and oxygen atoms in total. The summed E-state index contributed by atoms with van der Waals surface area (Å²) in [6, 6.07) is 18.2. The fraction of sp³-hybridized carbons (Fsp3) is 0.250. The van der Waals surface area contributed by atoms with Gasteiger partial charge in [0, 0.05) is 41.6 Å². The summed E-state index contributed by atoms with van der Waals surface area (Å²) >= 11 is 12.7. The molecule has 1 N–H and O–H groups in total. The van der Waals surface area contributed by atoms with Crippen LogP contribution in [0.1, 0.15) is 17.3 Å². The molecule has 0 amide bonds. The SMILES string of the molecule is Clc1ccc(C(c2ccc3ccccc3n2)N2CCNCC2)c(Cl)c1. The Balaban J connectivity index is 1.83. The number of piperazine rings is 1. The van der Waals surface area contributed by atoms with Crippen molar-refractivity contribution in [3.63, 3.8) is 0 Å². The highest BCUT2D eigenvalue weighted by Gasteiger charge is 2.27. The summed E-state index contributed by atoms with van der Waals surface area (Å²) in [5, 5.41) is 5.89. The van der Waals surface area contributed by atoms with Crippen molar-refractivity contribution in [3.05, 3.63) is 75.9 Å². The summed E-state index contributed by atoms with van der Waals surface area (Å²) in [6.07, 6.45) is 0. The van der Waals surface area contributed by atoms with Crippen molar-refractivity contribution in [3.8, 4) is 0 Å². The standard InChI is InChI=1S/C20H19Cl2N3/c21-15-6-7-16(17(22)13-15)20(25-11-9-23-10-12-25)19-8-5-14-3-1-2-4-18(14)24-19/h1-8,13,20,23H,9-12H2. The topological polar surface area (TPSA) is 28.2 Å². The lowest BCUT2D eigenvalue weighted by molar-refractivity contribution is 0.196. The van der Waals surface area contributed by atoms with Crippen molar-refractivity contribution in [2.24, 2.45) is 0 Å². The Hall–Kier alpha value is -1.65. The minimum absolute atomic E-state index is 0.0245. The number of nitrogens with zero attached hydrogens (tertiary/aromatic N) is 2. The third kappa shape index (κ3) is 3.51. The van der Waals surface area contributed by atoms with Crippen LogP contribution in [0.2, 0.25) is 10.0 Å². The molecule has 1 atom stereocenters. The van der Waals surface area contributed by atoms with Crippen LogP contribution in [0.5, 0.6) is 0 Å². The Labute approximate surface area is 157 Å². The number of halogens is 2. The molecule has 0 saturated carbocycles. The molecular weight excluding hydrogens is 353 g/mol. The molecule has 0 radical (unpaired) electrons. The minimum Gasteiger partial charge on any atom is -0.314 e. The molecule has 1 saturated heterocycles. The number of benzene rings is 2. The van der Waals surface area contributed by atoms with E-state index in [0.717, 1.165) is 48.3 Å². The molecule has 1 aromatic heterocycles. The van der Waals surface area contributed by atoms with E-state index >= 15 is 0 Å². The summed E-state index contributed by atoms with van der Waals surface area (Å²) in [5.41, 5.74) is 3.07. The first-order chi connectivity index (χ1) is 12.2. The number of hydrogen-bond acceptors (Lipinski definition) is 3. The fourth-order valence-electron chi connectivity index (χ4n) is 3.44. The largest absolute Gasteiger partial charge is 0.314 e. The lowest BCUT2D eigenvalue weighted by Crippen LogP contribution is -2.45. The van der Waals surface area contributed by atoms with Crippen LogP contribution in [0, 0.1) is 0 Å². The molecule has 5 heteroatoms. The predicted molar refractivity (Wildman–Crippen MR) is 104 cm³/mol. The van der Waals surface area contributed by atoms with Gasteiger partial charge in [0.05, 0.1) is 17.3 Å². The van der Waals surface area contributed by atoms with E-state index in [9.17, 15) is 0 Å². The van der Waals surface area contributed by atoms with E-state index in [1.807, 2.05) is 30.3 Å². The van der Waals surface area contributed by atoms with Crippen molar-refractivity contribution in [1.82, 2.24) is 15.2 Å². The molecule has 1 aliphatic rings. The monoisotopic (exact) mass is 371 g/mol. The molecule has 0 spiro atoms. The van der Waals surface area contributed by atoms with Gasteiger partial charge in [0.1, 0.15) is 0 Å². The zero-order valence-corrected chi connectivity index (χ0v) is 15.3. The van der Waals surface area contributed by atoms with Crippen molar-refractivity contribution in [1.29, 1.82) is 0 Å². The van der Waals surface area contributed by atoms with Crippen molar-refractivity contribution in [2.75, 3.05) is 26.2 Å². The van der Waals surface area contributed by atoms with Crippen molar-refractivity contribution < 1.29 is 0 Å². The van der Waals surface area contributed by atoms with Gasteiger partial charge in [0.25, 0.3) is 0 Å². The Kier molecular flexibility index (Phi) is 4.91. The van der Waals surface area contributed by atoms with Crippen LogP contribution in [-0.2, 0) is 0 Å². The van der Waals surface area contributed by atoms with Gasteiger partial charge < -0.3 is 5.32 Å². The predicted octanol–water partition coefficient (Wildman–Crippen LogP) is 4.54. The highest BCUT2D eigenvalue weighted by molar-refractivity contribution is 6.35. The van der Waals surface area contributed by atoms with Gasteiger partial charge >= 0.3 is 0 Å². The molecule has 1 aliphatic heterocycles. The Bertz CT molecular complexity index is 891. The van der Waals surface area contributed by atoms with Gasteiger partial charge in [-0.25, -0.2) is 0 Å². The molecule has 128 valence electrons. The molecule has 3 aromatic rings. The molecule has 0 aliphatic carbocycles. The zero-order chi connectivity index (χ0) is 17.2. The minimum atomic E-state index is 0.0245. The van der Waals surface area contributed by atoms with Crippen LogP contribution >= 0.6 is 23.2 Å². The third-order valence-electron chi connectivity index (χ3n) is 4.67. The molecule has 25 heavy (non-hydrogen) atoms. The van der Waals surface area contributed by atoms with E-state index in [1.165, 1.54) is 0 Å². The summed E-state index contributed by atoms with van der Waals surface area (Å²) in [7, 11) is 0. The Morgan fingerprint density at radius 3 is 2.56 bits per heavy atom. The van der Waals surface area contributed by atoms with E-state index in [0.29, 0.717) is 10.0 Å². The maximum absolute atomic E-state index is 6.56. The van der Waals surface area contributed by atoms with Gasteiger partial charge in [-0.1, -0.05) is 53.5 Å². The first kappa shape index (κ1) is 16.8. The second kappa shape index (κ2) is 7.30. The molecule has 4 rings (SSSR count). The number of pyridine rings is 1. The quantitative estimate of drug-likeness (QED) is 0.732. The Morgan fingerprint density at radius 2 is 1.76 bits per heavy atom.